The Morgan fingerprint density at radius 2 is 2.00 bits per heavy atom. The van der Waals surface area contributed by atoms with Gasteiger partial charge in [0.1, 0.15) is 0 Å². The number of hydrogen-bond donors (Lipinski definition) is 2. The number of nitrogens with two attached hydrogens (primary N) is 1. The molecule has 0 aliphatic heterocycles. The highest BCUT2D eigenvalue weighted by Gasteiger charge is 2.22. The number of carboxylic acids is 1. The number of rotatable bonds is 6. The first-order valence-corrected chi connectivity index (χ1v) is 6.34. The summed E-state index contributed by atoms with van der Waals surface area (Å²) in [5.41, 5.74) is 6.29. The summed E-state index contributed by atoms with van der Waals surface area (Å²) < 4.78 is 0. The standard InChI is InChI=1S/C14H20N2O3/c1-3-4-8-11(15)13(17)16(2)12-9-6-5-7-10(12)14(18)19/h5-7,9,11H,3-4,8,15H2,1-2H3,(H,18,19)/t11-/m0/s1. The van der Waals surface area contributed by atoms with E-state index in [1.807, 2.05) is 6.92 Å². The van der Waals surface area contributed by atoms with Gasteiger partial charge in [0.15, 0.2) is 0 Å². The Hall–Kier alpha value is -1.88. The Kier molecular flexibility index (Phi) is 5.51. The molecule has 0 fully saturated rings. The minimum absolute atomic E-state index is 0.0982. The first kappa shape index (κ1) is 15.2. The number of unbranched alkanes of at least 4 members (excludes halogenated alkanes) is 1. The molecule has 5 heteroatoms. The third-order valence-corrected chi connectivity index (χ3v) is 3.01. The summed E-state index contributed by atoms with van der Waals surface area (Å²) in [6, 6.07) is 5.81. The van der Waals surface area contributed by atoms with Crippen molar-refractivity contribution in [1.29, 1.82) is 0 Å². The lowest BCUT2D eigenvalue weighted by atomic mass is 10.1. The summed E-state index contributed by atoms with van der Waals surface area (Å²) >= 11 is 0. The molecule has 0 unspecified atom stereocenters. The van der Waals surface area contributed by atoms with Gasteiger partial charge in [-0.1, -0.05) is 31.9 Å². The summed E-state index contributed by atoms with van der Waals surface area (Å²) in [6.07, 6.45) is 2.45. The fraction of sp³-hybridized carbons (Fsp3) is 0.429. The highest BCUT2D eigenvalue weighted by atomic mass is 16.4. The zero-order chi connectivity index (χ0) is 14.4. The van der Waals surface area contributed by atoms with E-state index in [4.69, 9.17) is 10.8 Å². The number of aromatic carboxylic acids is 1. The molecule has 0 saturated heterocycles. The van der Waals surface area contributed by atoms with Gasteiger partial charge in [-0.2, -0.15) is 0 Å². The number of carboxylic acid groups (broad SMARTS) is 1. The van der Waals surface area contributed by atoms with E-state index in [1.165, 1.54) is 11.0 Å². The molecule has 0 saturated carbocycles. The van der Waals surface area contributed by atoms with E-state index >= 15 is 0 Å². The molecule has 5 nitrogen and oxygen atoms in total. The zero-order valence-electron chi connectivity index (χ0n) is 11.3. The van der Waals surface area contributed by atoms with Gasteiger partial charge in [0.2, 0.25) is 5.91 Å². The molecular weight excluding hydrogens is 244 g/mol. The van der Waals surface area contributed by atoms with Gasteiger partial charge in [-0.05, 0) is 18.6 Å². The quantitative estimate of drug-likeness (QED) is 0.821. The molecule has 0 aliphatic rings. The van der Waals surface area contributed by atoms with Gasteiger partial charge in [-0.3, -0.25) is 4.79 Å². The number of benzene rings is 1. The number of nitrogens with zero attached hydrogens (tertiary/aromatic N) is 1. The molecule has 19 heavy (non-hydrogen) atoms. The lowest BCUT2D eigenvalue weighted by Crippen LogP contribution is -2.42. The Morgan fingerprint density at radius 1 is 1.37 bits per heavy atom. The first-order valence-electron chi connectivity index (χ1n) is 6.34. The molecule has 0 heterocycles. The fourth-order valence-corrected chi connectivity index (χ4v) is 1.86. The smallest absolute Gasteiger partial charge is 0.337 e. The van der Waals surface area contributed by atoms with Gasteiger partial charge in [-0.15, -0.1) is 0 Å². The van der Waals surface area contributed by atoms with Crippen LogP contribution in [0.3, 0.4) is 0 Å². The Morgan fingerprint density at radius 3 is 2.58 bits per heavy atom. The molecule has 0 aliphatic carbocycles. The van der Waals surface area contributed by atoms with Crippen molar-refractivity contribution in [2.24, 2.45) is 5.73 Å². The summed E-state index contributed by atoms with van der Waals surface area (Å²) in [4.78, 5) is 24.6. The van der Waals surface area contributed by atoms with Gasteiger partial charge in [0, 0.05) is 7.05 Å². The predicted octanol–water partition coefficient (Wildman–Crippen LogP) is 1.87. The van der Waals surface area contributed by atoms with Gasteiger partial charge in [-0.25, -0.2) is 4.79 Å². The molecule has 1 aromatic carbocycles. The second-order valence-electron chi connectivity index (χ2n) is 4.47. The number of hydrogen-bond acceptors (Lipinski definition) is 3. The van der Waals surface area contributed by atoms with E-state index in [-0.39, 0.29) is 11.5 Å². The van der Waals surface area contributed by atoms with Crippen LogP contribution in [-0.4, -0.2) is 30.1 Å². The van der Waals surface area contributed by atoms with Gasteiger partial charge >= 0.3 is 5.97 Å². The summed E-state index contributed by atoms with van der Waals surface area (Å²) in [7, 11) is 1.55. The number of anilines is 1. The summed E-state index contributed by atoms with van der Waals surface area (Å²) in [6.45, 7) is 2.03. The largest absolute Gasteiger partial charge is 0.478 e. The molecule has 0 aromatic heterocycles. The van der Waals surface area contributed by atoms with Gasteiger partial charge in [0.05, 0.1) is 17.3 Å². The topological polar surface area (TPSA) is 83.6 Å². The van der Waals surface area contributed by atoms with E-state index in [1.54, 1.807) is 25.2 Å². The summed E-state index contributed by atoms with van der Waals surface area (Å²) in [5, 5.41) is 9.11. The molecule has 1 atom stereocenters. The van der Waals surface area contributed by atoms with Crippen LogP contribution in [0, 0.1) is 0 Å². The van der Waals surface area contributed by atoms with Crippen LogP contribution in [0.25, 0.3) is 0 Å². The van der Waals surface area contributed by atoms with Crippen molar-refractivity contribution in [2.75, 3.05) is 11.9 Å². The molecule has 3 N–H and O–H groups in total. The second-order valence-corrected chi connectivity index (χ2v) is 4.47. The average molecular weight is 264 g/mol. The van der Waals surface area contributed by atoms with E-state index in [0.717, 1.165) is 12.8 Å². The lowest BCUT2D eigenvalue weighted by Gasteiger charge is -2.22. The molecule has 1 aromatic rings. The molecule has 0 radical (unpaired) electrons. The van der Waals surface area contributed by atoms with E-state index < -0.39 is 12.0 Å². The lowest BCUT2D eigenvalue weighted by molar-refractivity contribution is -0.119. The Balaban J connectivity index is 2.91. The van der Waals surface area contributed by atoms with Crippen molar-refractivity contribution in [2.45, 2.75) is 32.2 Å². The van der Waals surface area contributed by atoms with Crippen LogP contribution < -0.4 is 10.6 Å². The molecule has 0 bridgehead atoms. The predicted molar refractivity (Wildman–Crippen MR) is 74.3 cm³/mol. The maximum Gasteiger partial charge on any atom is 0.337 e. The van der Waals surface area contributed by atoms with E-state index in [0.29, 0.717) is 12.1 Å². The molecule has 104 valence electrons. The first-order chi connectivity index (χ1) is 8.99. The minimum Gasteiger partial charge on any atom is -0.478 e. The van der Waals surface area contributed by atoms with Crippen molar-refractivity contribution < 1.29 is 14.7 Å². The highest BCUT2D eigenvalue weighted by molar-refractivity contribution is 6.03. The summed E-state index contributed by atoms with van der Waals surface area (Å²) in [5.74, 6) is -1.32. The van der Waals surface area contributed by atoms with Gasteiger partial charge < -0.3 is 15.7 Å². The van der Waals surface area contributed by atoms with Crippen molar-refractivity contribution in [1.82, 2.24) is 0 Å². The van der Waals surface area contributed by atoms with Crippen LogP contribution in [0.4, 0.5) is 5.69 Å². The fourth-order valence-electron chi connectivity index (χ4n) is 1.86. The van der Waals surface area contributed by atoms with Crippen LogP contribution in [0.5, 0.6) is 0 Å². The van der Waals surface area contributed by atoms with Crippen molar-refractivity contribution in [3.8, 4) is 0 Å². The number of carbonyl (C=O) groups excluding carboxylic acids is 1. The second kappa shape index (κ2) is 6.89. The van der Waals surface area contributed by atoms with Crippen molar-refractivity contribution >= 4 is 17.6 Å². The number of carbonyl (C=O) groups is 2. The van der Waals surface area contributed by atoms with Crippen LogP contribution in [0.2, 0.25) is 0 Å². The van der Waals surface area contributed by atoms with Gasteiger partial charge in [0.25, 0.3) is 0 Å². The van der Waals surface area contributed by atoms with Crippen molar-refractivity contribution in [3.63, 3.8) is 0 Å². The SMILES string of the molecule is CCCC[C@H](N)C(=O)N(C)c1ccccc1C(=O)O. The maximum atomic E-state index is 12.1. The Bertz CT molecular complexity index is 460. The van der Waals surface area contributed by atoms with Crippen LogP contribution in [0.15, 0.2) is 24.3 Å². The molecule has 1 rings (SSSR count). The van der Waals surface area contributed by atoms with Crippen molar-refractivity contribution in [3.05, 3.63) is 29.8 Å². The van der Waals surface area contributed by atoms with Crippen LogP contribution in [-0.2, 0) is 4.79 Å². The zero-order valence-corrected chi connectivity index (χ0v) is 11.3. The monoisotopic (exact) mass is 264 g/mol. The normalized spacial score (nSPS) is 11.9. The number of para-hydroxylation sites is 1. The third kappa shape index (κ3) is 3.79. The highest BCUT2D eigenvalue weighted by Crippen LogP contribution is 2.20. The maximum absolute atomic E-state index is 12.1. The van der Waals surface area contributed by atoms with E-state index in [2.05, 4.69) is 0 Å². The average Bonchev–Trinajstić information content (AvgIpc) is 2.42. The molecule has 0 spiro atoms. The van der Waals surface area contributed by atoms with Crippen LogP contribution in [0.1, 0.15) is 36.5 Å². The van der Waals surface area contributed by atoms with E-state index in [9.17, 15) is 9.59 Å². The Labute approximate surface area is 113 Å². The molecular formula is C14H20N2O3. The van der Waals surface area contributed by atoms with Crippen LogP contribution >= 0.6 is 0 Å². The third-order valence-electron chi connectivity index (χ3n) is 3.01. The number of amides is 1. The molecule has 1 amide bonds. The minimum atomic E-state index is -1.06. The number of likely N-dealkylation sites (N-methyl/N-ethyl adjacent to an activating group) is 1.